The maximum Gasteiger partial charge on any atom is 0.131 e. The summed E-state index contributed by atoms with van der Waals surface area (Å²) in [5.74, 6) is 1.28. The Kier molecular flexibility index (Phi) is 3.37. The molecule has 13 heavy (non-hydrogen) atoms. The van der Waals surface area contributed by atoms with Gasteiger partial charge in [0.05, 0.1) is 0 Å². The SMILES string of the molecule is CC(N)Cc1ccnc(C(C)C)n1. The Morgan fingerprint density at radius 1 is 1.38 bits per heavy atom. The molecule has 1 rings (SSSR count). The van der Waals surface area contributed by atoms with E-state index in [2.05, 4.69) is 23.8 Å². The van der Waals surface area contributed by atoms with Crippen LogP contribution in [0.4, 0.5) is 0 Å². The molecule has 0 spiro atoms. The Balaban J connectivity index is 2.79. The summed E-state index contributed by atoms with van der Waals surface area (Å²) in [6.07, 6.45) is 2.63. The molecule has 0 amide bonds. The molecule has 1 aromatic heterocycles. The van der Waals surface area contributed by atoms with Gasteiger partial charge in [0.25, 0.3) is 0 Å². The van der Waals surface area contributed by atoms with Crippen molar-refractivity contribution in [2.24, 2.45) is 5.73 Å². The van der Waals surface area contributed by atoms with Crippen LogP contribution < -0.4 is 5.73 Å². The first-order valence-electron chi connectivity index (χ1n) is 4.67. The second kappa shape index (κ2) is 4.33. The van der Waals surface area contributed by atoms with Crippen LogP contribution in [0, 0.1) is 0 Å². The molecule has 1 unspecified atom stereocenters. The lowest BCUT2D eigenvalue weighted by Gasteiger charge is -2.07. The highest BCUT2D eigenvalue weighted by Crippen LogP contribution is 2.08. The molecule has 0 aromatic carbocycles. The van der Waals surface area contributed by atoms with Crippen LogP contribution in [0.15, 0.2) is 12.3 Å². The van der Waals surface area contributed by atoms with Gasteiger partial charge >= 0.3 is 0 Å². The summed E-state index contributed by atoms with van der Waals surface area (Å²) < 4.78 is 0. The van der Waals surface area contributed by atoms with E-state index < -0.39 is 0 Å². The predicted molar refractivity (Wildman–Crippen MR) is 53.5 cm³/mol. The molecule has 0 saturated heterocycles. The topological polar surface area (TPSA) is 51.8 Å². The van der Waals surface area contributed by atoms with Gasteiger partial charge in [-0.3, -0.25) is 0 Å². The third-order valence-electron chi connectivity index (χ3n) is 1.78. The van der Waals surface area contributed by atoms with E-state index >= 15 is 0 Å². The maximum absolute atomic E-state index is 5.69. The maximum atomic E-state index is 5.69. The van der Waals surface area contributed by atoms with Gasteiger partial charge in [0.2, 0.25) is 0 Å². The molecule has 2 N–H and O–H groups in total. The van der Waals surface area contributed by atoms with Crippen molar-refractivity contribution in [1.29, 1.82) is 0 Å². The van der Waals surface area contributed by atoms with Crippen molar-refractivity contribution in [3.05, 3.63) is 23.8 Å². The lowest BCUT2D eigenvalue weighted by atomic mass is 10.1. The summed E-state index contributed by atoms with van der Waals surface area (Å²) in [5, 5.41) is 0. The smallest absolute Gasteiger partial charge is 0.131 e. The molecule has 1 heterocycles. The molecule has 0 saturated carbocycles. The van der Waals surface area contributed by atoms with E-state index in [0.29, 0.717) is 5.92 Å². The Labute approximate surface area is 79.4 Å². The lowest BCUT2D eigenvalue weighted by molar-refractivity contribution is 0.696. The molecule has 3 nitrogen and oxygen atoms in total. The van der Waals surface area contributed by atoms with Gasteiger partial charge in [0, 0.05) is 30.3 Å². The highest BCUT2D eigenvalue weighted by atomic mass is 14.9. The largest absolute Gasteiger partial charge is 0.328 e. The van der Waals surface area contributed by atoms with Crippen LogP contribution in [0.1, 0.15) is 38.2 Å². The van der Waals surface area contributed by atoms with Crippen molar-refractivity contribution >= 4 is 0 Å². The van der Waals surface area contributed by atoms with Gasteiger partial charge < -0.3 is 5.73 Å². The Bertz CT molecular complexity index is 269. The van der Waals surface area contributed by atoms with E-state index in [4.69, 9.17) is 5.73 Å². The molecule has 0 aliphatic heterocycles. The average Bonchev–Trinajstić information content (AvgIpc) is 2.03. The zero-order valence-corrected chi connectivity index (χ0v) is 8.49. The molecule has 1 aromatic rings. The minimum atomic E-state index is 0.162. The molecule has 0 aliphatic rings. The van der Waals surface area contributed by atoms with Crippen molar-refractivity contribution in [1.82, 2.24) is 9.97 Å². The predicted octanol–water partition coefficient (Wildman–Crippen LogP) is 1.49. The lowest BCUT2D eigenvalue weighted by Crippen LogP contribution is -2.19. The normalized spacial score (nSPS) is 13.3. The molecule has 1 atom stereocenters. The van der Waals surface area contributed by atoms with Crippen LogP contribution in [-0.4, -0.2) is 16.0 Å². The molecular weight excluding hydrogens is 162 g/mol. The Morgan fingerprint density at radius 3 is 2.62 bits per heavy atom. The van der Waals surface area contributed by atoms with E-state index in [0.717, 1.165) is 17.9 Å². The van der Waals surface area contributed by atoms with Crippen LogP contribution >= 0.6 is 0 Å². The minimum absolute atomic E-state index is 0.162. The molecule has 0 aliphatic carbocycles. The van der Waals surface area contributed by atoms with Crippen molar-refractivity contribution in [2.45, 2.75) is 39.2 Å². The third-order valence-corrected chi connectivity index (χ3v) is 1.78. The average molecular weight is 179 g/mol. The number of nitrogens with two attached hydrogens (primary N) is 1. The number of hydrogen-bond donors (Lipinski definition) is 1. The number of rotatable bonds is 3. The van der Waals surface area contributed by atoms with Crippen LogP contribution in [0.2, 0.25) is 0 Å². The molecule has 0 fully saturated rings. The fourth-order valence-electron chi connectivity index (χ4n) is 1.13. The number of nitrogens with zero attached hydrogens (tertiary/aromatic N) is 2. The quantitative estimate of drug-likeness (QED) is 0.764. The number of hydrogen-bond acceptors (Lipinski definition) is 3. The standard InChI is InChI=1S/C10H17N3/c1-7(2)10-12-5-4-9(13-10)6-8(3)11/h4-5,7-8H,6,11H2,1-3H3. The molecule has 0 radical (unpaired) electrons. The summed E-state index contributed by atoms with van der Waals surface area (Å²) >= 11 is 0. The molecule has 0 bridgehead atoms. The summed E-state index contributed by atoms with van der Waals surface area (Å²) in [5.41, 5.74) is 6.73. The van der Waals surface area contributed by atoms with Gasteiger partial charge in [-0.1, -0.05) is 13.8 Å². The van der Waals surface area contributed by atoms with Crippen LogP contribution in [-0.2, 0) is 6.42 Å². The van der Waals surface area contributed by atoms with Gasteiger partial charge in [-0.15, -0.1) is 0 Å². The zero-order chi connectivity index (χ0) is 9.84. The van der Waals surface area contributed by atoms with Gasteiger partial charge in [-0.25, -0.2) is 9.97 Å². The van der Waals surface area contributed by atoms with Crippen LogP contribution in [0.3, 0.4) is 0 Å². The van der Waals surface area contributed by atoms with E-state index in [1.807, 2.05) is 13.0 Å². The Hall–Kier alpha value is -0.960. The van der Waals surface area contributed by atoms with Crippen LogP contribution in [0.5, 0.6) is 0 Å². The van der Waals surface area contributed by atoms with Crippen molar-refractivity contribution in [3.63, 3.8) is 0 Å². The van der Waals surface area contributed by atoms with E-state index in [-0.39, 0.29) is 6.04 Å². The summed E-state index contributed by atoms with van der Waals surface area (Å²) in [7, 11) is 0. The summed E-state index contributed by atoms with van der Waals surface area (Å²) in [6.45, 7) is 6.16. The number of aromatic nitrogens is 2. The first-order valence-corrected chi connectivity index (χ1v) is 4.67. The monoisotopic (exact) mass is 179 g/mol. The highest BCUT2D eigenvalue weighted by molar-refractivity contribution is 5.05. The first kappa shape index (κ1) is 10.1. The van der Waals surface area contributed by atoms with Crippen LogP contribution in [0.25, 0.3) is 0 Å². The van der Waals surface area contributed by atoms with Gasteiger partial charge in [0.1, 0.15) is 5.82 Å². The molecule has 72 valence electrons. The molecular formula is C10H17N3. The highest BCUT2D eigenvalue weighted by Gasteiger charge is 2.04. The first-order chi connectivity index (χ1) is 6.09. The second-order valence-corrected chi connectivity index (χ2v) is 3.74. The Morgan fingerprint density at radius 2 is 2.08 bits per heavy atom. The second-order valence-electron chi connectivity index (χ2n) is 3.74. The van der Waals surface area contributed by atoms with Gasteiger partial charge in [-0.2, -0.15) is 0 Å². The van der Waals surface area contributed by atoms with Crippen molar-refractivity contribution < 1.29 is 0 Å². The fourth-order valence-corrected chi connectivity index (χ4v) is 1.13. The minimum Gasteiger partial charge on any atom is -0.328 e. The summed E-state index contributed by atoms with van der Waals surface area (Å²) in [6, 6.07) is 2.09. The molecule has 3 heteroatoms. The fraction of sp³-hybridized carbons (Fsp3) is 0.600. The van der Waals surface area contributed by atoms with E-state index in [9.17, 15) is 0 Å². The third kappa shape index (κ3) is 3.11. The van der Waals surface area contributed by atoms with E-state index in [1.54, 1.807) is 6.20 Å². The zero-order valence-electron chi connectivity index (χ0n) is 8.49. The van der Waals surface area contributed by atoms with Crippen molar-refractivity contribution in [3.8, 4) is 0 Å². The summed E-state index contributed by atoms with van der Waals surface area (Å²) in [4.78, 5) is 8.62. The van der Waals surface area contributed by atoms with Crippen molar-refractivity contribution in [2.75, 3.05) is 0 Å². The van der Waals surface area contributed by atoms with Gasteiger partial charge in [-0.05, 0) is 13.0 Å². The van der Waals surface area contributed by atoms with E-state index in [1.165, 1.54) is 0 Å². The van der Waals surface area contributed by atoms with Gasteiger partial charge in [0.15, 0.2) is 0 Å².